The van der Waals surface area contributed by atoms with E-state index in [9.17, 15) is 17.2 Å². The van der Waals surface area contributed by atoms with Crippen molar-refractivity contribution < 1.29 is 21.7 Å². The second-order valence-electron chi connectivity index (χ2n) is 3.98. The fraction of sp³-hybridized carbons (Fsp3) is 0.100. The average Bonchev–Trinajstić information content (AvgIpc) is 2.36. The van der Waals surface area contributed by atoms with Crippen LogP contribution in [0.5, 0.6) is 0 Å². The number of aryl methyl sites for hydroxylation is 1. The first-order chi connectivity index (χ1) is 10.2. The van der Waals surface area contributed by atoms with Gasteiger partial charge in [0.15, 0.2) is 11.1 Å². The van der Waals surface area contributed by atoms with Gasteiger partial charge in [0, 0.05) is 0 Å². The third-order valence-electron chi connectivity index (χ3n) is 2.40. The summed E-state index contributed by atoms with van der Waals surface area (Å²) in [4.78, 5) is 10.6. The van der Waals surface area contributed by atoms with E-state index in [0.29, 0.717) is 5.82 Å². The van der Waals surface area contributed by atoms with Gasteiger partial charge in [0.05, 0.1) is 10.6 Å². The quantitative estimate of drug-likeness (QED) is 0.541. The molecule has 0 aliphatic heterocycles. The smallest absolute Gasteiger partial charge is 0.296 e. The SMILES string of the molecule is Cc1nc(Cl)nc(Nc2ccc(S(=O)O)cc2S(=O)(=O)O)n1. The van der Waals surface area contributed by atoms with Gasteiger partial charge in [0.2, 0.25) is 11.2 Å². The number of nitrogens with one attached hydrogen (secondary N) is 1. The molecule has 0 aliphatic carbocycles. The predicted octanol–water partition coefficient (Wildman–Crippen LogP) is 1.40. The maximum Gasteiger partial charge on any atom is 0.296 e. The molecule has 0 radical (unpaired) electrons. The van der Waals surface area contributed by atoms with Crippen molar-refractivity contribution in [1.82, 2.24) is 15.0 Å². The van der Waals surface area contributed by atoms with Crippen LogP contribution in [0.3, 0.4) is 0 Å². The van der Waals surface area contributed by atoms with Crippen LogP contribution in [0.25, 0.3) is 0 Å². The minimum absolute atomic E-state index is 0.0414. The van der Waals surface area contributed by atoms with Gasteiger partial charge >= 0.3 is 0 Å². The second-order valence-corrected chi connectivity index (χ2v) is 6.68. The molecule has 0 spiro atoms. The number of aromatic nitrogens is 3. The highest BCUT2D eigenvalue weighted by molar-refractivity contribution is 7.86. The minimum atomic E-state index is -4.64. The Bertz CT molecular complexity index is 838. The molecule has 1 heterocycles. The Kier molecular flexibility index (Phi) is 4.72. The number of halogens is 1. The van der Waals surface area contributed by atoms with E-state index in [0.717, 1.165) is 6.07 Å². The molecule has 1 aromatic carbocycles. The average molecular weight is 365 g/mol. The summed E-state index contributed by atoms with van der Waals surface area (Å²) in [6, 6.07) is 3.27. The first-order valence-corrected chi connectivity index (χ1v) is 8.47. The lowest BCUT2D eigenvalue weighted by atomic mass is 10.3. The summed E-state index contributed by atoms with van der Waals surface area (Å²) in [6.45, 7) is 1.56. The molecule has 3 N–H and O–H groups in total. The summed E-state index contributed by atoms with van der Waals surface area (Å²) in [6.07, 6.45) is 0. The van der Waals surface area contributed by atoms with Gasteiger partial charge in [-0.25, -0.2) is 9.19 Å². The van der Waals surface area contributed by atoms with Gasteiger partial charge in [-0.15, -0.1) is 0 Å². The lowest BCUT2D eigenvalue weighted by Crippen LogP contribution is -2.07. The van der Waals surface area contributed by atoms with E-state index >= 15 is 0 Å². The maximum atomic E-state index is 11.4. The van der Waals surface area contributed by atoms with Crippen molar-refractivity contribution in [2.24, 2.45) is 0 Å². The molecule has 0 saturated heterocycles. The van der Waals surface area contributed by atoms with E-state index in [1.807, 2.05) is 0 Å². The van der Waals surface area contributed by atoms with E-state index in [1.54, 1.807) is 6.92 Å². The standard InChI is InChI=1S/C10H9ClN4O5S2/c1-5-12-9(11)15-10(13-5)14-7-3-2-6(21(16)17)4-8(7)22(18,19)20/h2-4H,1H3,(H,16,17)(H,18,19,20)(H,12,13,14,15). The molecule has 22 heavy (non-hydrogen) atoms. The molecule has 1 aromatic heterocycles. The van der Waals surface area contributed by atoms with Crippen LogP contribution in [0.1, 0.15) is 5.82 Å². The lowest BCUT2D eigenvalue weighted by molar-refractivity contribution is 0.483. The highest BCUT2D eigenvalue weighted by Gasteiger charge is 2.19. The van der Waals surface area contributed by atoms with Crippen LogP contribution in [-0.4, -0.2) is 36.7 Å². The molecule has 2 aromatic rings. The van der Waals surface area contributed by atoms with Gasteiger partial charge in [-0.3, -0.25) is 4.55 Å². The number of rotatable bonds is 4. The Balaban J connectivity index is 2.53. The van der Waals surface area contributed by atoms with E-state index in [2.05, 4.69) is 20.3 Å². The van der Waals surface area contributed by atoms with Gasteiger partial charge in [-0.1, -0.05) is 0 Å². The molecule has 0 amide bonds. The minimum Gasteiger partial charge on any atom is -0.323 e. The van der Waals surface area contributed by atoms with Gasteiger partial charge < -0.3 is 9.87 Å². The molecule has 2 rings (SSSR count). The van der Waals surface area contributed by atoms with Crippen LogP contribution < -0.4 is 5.32 Å². The zero-order valence-electron chi connectivity index (χ0n) is 10.9. The topological polar surface area (TPSA) is 142 Å². The summed E-state index contributed by atoms with van der Waals surface area (Å²) < 4.78 is 52.0. The third kappa shape index (κ3) is 3.96. The maximum absolute atomic E-state index is 11.4. The predicted molar refractivity (Wildman–Crippen MR) is 78.2 cm³/mol. The zero-order valence-corrected chi connectivity index (χ0v) is 13.3. The highest BCUT2D eigenvalue weighted by atomic mass is 35.5. The summed E-state index contributed by atoms with van der Waals surface area (Å²) in [7, 11) is -4.64. The van der Waals surface area contributed by atoms with Gasteiger partial charge in [0.25, 0.3) is 10.1 Å². The first kappa shape index (κ1) is 16.7. The van der Waals surface area contributed by atoms with E-state index in [4.69, 9.17) is 16.2 Å². The van der Waals surface area contributed by atoms with Crippen molar-refractivity contribution >= 4 is 44.4 Å². The van der Waals surface area contributed by atoms with Crippen LogP contribution in [0.4, 0.5) is 11.6 Å². The Labute approximate surface area is 132 Å². The molecule has 0 saturated carbocycles. The van der Waals surface area contributed by atoms with Crippen LogP contribution in [0, 0.1) is 6.92 Å². The number of nitrogens with zero attached hydrogens (tertiary/aromatic N) is 3. The molecule has 1 atom stereocenters. The number of hydrogen-bond acceptors (Lipinski definition) is 7. The van der Waals surface area contributed by atoms with Crippen molar-refractivity contribution in [3.63, 3.8) is 0 Å². The summed E-state index contributed by atoms with van der Waals surface area (Å²) in [5, 5.41) is 2.46. The second kappa shape index (κ2) is 6.22. The number of anilines is 2. The van der Waals surface area contributed by atoms with Crippen molar-refractivity contribution in [2.75, 3.05) is 5.32 Å². The number of hydrogen-bond donors (Lipinski definition) is 3. The van der Waals surface area contributed by atoms with E-state index in [1.165, 1.54) is 12.1 Å². The fourth-order valence-corrected chi connectivity index (χ4v) is 2.91. The molecule has 0 aliphatic rings. The molecule has 12 heteroatoms. The molecule has 0 fully saturated rings. The third-order valence-corrected chi connectivity index (χ3v) is 4.12. The molecule has 0 bridgehead atoms. The molecular formula is C10H9ClN4O5S2. The van der Waals surface area contributed by atoms with Gasteiger partial charge in [0.1, 0.15) is 10.7 Å². The normalized spacial score (nSPS) is 12.9. The van der Waals surface area contributed by atoms with Crippen LogP contribution >= 0.6 is 11.6 Å². The highest BCUT2D eigenvalue weighted by Crippen LogP contribution is 2.26. The van der Waals surface area contributed by atoms with Crippen molar-refractivity contribution in [2.45, 2.75) is 16.7 Å². The van der Waals surface area contributed by atoms with E-state index < -0.39 is 26.1 Å². The Morgan fingerprint density at radius 1 is 1.27 bits per heavy atom. The van der Waals surface area contributed by atoms with Crippen molar-refractivity contribution in [3.05, 3.63) is 29.3 Å². The largest absolute Gasteiger partial charge is 0.323 e. The van der Waals surface area contributed by atoms with Crippen LogP contribution in [0.15, 0.2) is 28.0 Å². The van der Waals surface area contributed by atoms with Crippen LogP contribution in [-0.2, 0) is 21.2 Å². The Morgan fingerprint density at radius 2 is 1.95 bits per heavy atom. The molecule has 1 unspecified atom stereocenters. The monoisotopic (exact) mass is 364 g/mol. The lowest BCUT2D eigenvalue weighted by Gasteiger charge is -2.10. The van der Waals surface area contributed by atoms with Gasteiger partial charge in [-0.05, 0) is 36.7 Å². The first-order valence-electron chi connectivity index (χ1n) is 5.54. The summed E-state index contributed by atoms with van der Waals surface area (Å²) in [5.41, 5.74) is -0.0848. The van der Waals surface area contributed by atoms with E-state index in [-0.39, 0.29) is 21.8 Å². The summed E-state index contributed by atoms with van der Waals surface area (Å²) >= 11 is 3.27. The van der Waals surface area contributed by atoms with Crippen LogP contribution in [0.2, 0.25) is 5.28 Å². The molecule has 118 valence electrons. The number of benzene rings is 1. The fourth-order valence-electron chi connectivity index (χ4n) is 1.55. The Morgan fingerprint density at radius 3 is 2.50 bits per heavy atom. The molecular weight excluding hydrogens is 356 g/mol. The Hall–Kier alpha value is -1.66. The van der Waals surface area contributed by atoms with Crippen molar-refractivity contribution in [3.8, 4) is 0 Å². The van der Waals surface area contributed by atoms with Gasteiger partial charge in [-0.2, -0.15) is 18.4 Å². The summed E-state index contributed by atoms with van der Waals surface area (Å²) in [5.74, 6) is 0.254. The van der Waals surface area contributed by atoms with Crippen molar-refractivity contribution in [1.29, 1.82) is 0 Å². The molecule has 9 nitrogen and oxygen atoms in total. The zero-order chi connectivity index (χ0) is 16.5.